The molecule has 3 fully saturated rings. The molecule has 0 aromatic carbocycles. The van der Waals surface area contributed by atoms with Gasteiger partial charge in [0.05, 0.1) is 6.10 Å². The minimum atomic E-state index is -2.31. The molecule has 3 rings (SSSR count). The molecule has 0 aromatic heterocycles. The Morgan fingerprint density at radius 3 is 1.12 bits per heavy atom. The summed E-state index contributed by atoms with van der Waals surface area (Å²) in [4.78, 5) is 0. The van der Waals surface area contributed by atoms with Gasteiger partial charge in [0.1, 0.15) is 0 Å². The van der Waals surface area contributed by atoms with Crippen molar-refractivity contribution >= 4 is 0 Å². The van der Waals surface area contributed by atoms with E-state index < -0.39 is 5.92 Å². The minimum absolute atomic E-state index is 0.0417. The molecule has 3 saturated carbocycles. The highest BCUT2D eigenvalue weighted by atomic mass is 19.3. The van der Waals surface area contributed by atoms with E-state index in [1.807, 2.05) is 48.5 Å². The fourth-order valence-electron chi connectivity index (χ4n) is 3.13. The molecule has 0 saturated heterocycles. The normalized spacial score (nSPS) is 25.8. The second kappa shape index (κ2) is 19.6. The Balaban J connectivity index is -0.000000267. The Morgan fingerprint density at radius 2 is 1.04 bits per heavy atom. The molecule has 3 aliphatic carbocycles. The van der Waals surface area contributed by atoms with E-state index in [4.69, 9.17) is 5.11 Å². The van der Waals surface area contributed by atoms with Crippen LogP contribution >= 0.6 is 0 Å². The average Bonchev–Trinajstić information content (AvgIpc) is 2.59. The van der Waals surface area contributed by atoms with Crippen molar-refractivity contribution in [1.29, 1.82) is 0 Å². The molecule has 0 aromatic rings. The van der Waals surface area contributed by atoms with Gasteiger partial charge in [0, 0.05) is 12.8 Å². The molecule has 1 N–H and O–H groups in total. The number of alkyl halides is 2. The standard InChI is InChI=1S/C7H14.C5H8F2.C5H10O.3C2H6/c1-7-5-3-2-4-6-7;1-4-2-5(6,7)3-4;1-4-2-5(6)3-4;3*1-2/h7H,2-6H2,1H3;4H,2-3H2,1H3;4-6H,2-3H2,1H3;3*1-2H3. The van der Waals surface area contributed by atoms with Gasteiger partial charge >= 0.3 is 0 Å². The van der Waals surface area contributed by atoms with Gasteiger partial charge in [0.2, 0.25) is 5.92 Å². The van der Waals surface area contributed by atoms with Gasteiger partial charge in [0.15, 0.2) is 0 Å². The number of rotatable bonds is 0. The summed E-state index contributed by atoms with van der Waals surface area (Å²) >= 11 is 0. The Morgan fingerprint density at radius 1 is 0.654 bits per heavy atom. The molecule has 1 nitrogen and oxygen atoms in total. The number of hydrogen-bond donors (Lipinski definition) is 1. The monoisotopic (exact) mass is 380 g/mol. The van der Waals surface area contributed by atoms with Crippen LogP contribution in [0.15, 0.2) is 0 Å². The summed E-state index contributed by atoms with van der Waals surface area (Å²) in [5, 5.41) is 8.62. The summed E-state index contributed by atoms with van der Waals surface area (Å²) < 4.78 is 23.6. The summed E-state index contributed by atoms with van der Waals surface area (Å²) in [6, 6.07) is 0. The van der Waals surface area contributed by atoms with Crippen molar-refractivity contribution < 1.29 is 13.9 Å². The summed E-state index contributed by atoms with van der Waals surface area (Å²) in [6.07, 6.45) is 9.74. The molecule has 0 amide bonds. The van der Waals surface area contributed by atoms with Crippen molar-refractivity contribution in [3.8, 4) is 0 Å². The number of halogens is 2. The van der Waals surface area contributed by atoms with Crippen molar-refractivity contribution in [2.45, 2.75) is 132 Å². The SMILES string of the molecule is CC.CC.CC.CC1CC(F)(F)C1.CC1CC(O)C1.CC1CCCCC1. The van der Waals surface area contributed by atoms with Crippen molar-refractivity contribution in [1.82, 2.24) is 0 Å². The average molecular weight is 381 g/mol. The van der Waals surface area contributed by atoms with Crippen LogP contribution in [0, 0.1) is 17.8 Å². The highest BCUT2D eigenvalue weighted by molar-refractivity contribution is 4.82. The van der Waals surface area contributed by atoms with Crippen LogP contribution in [0.1, 0.15) is 120 Å². The summed E-state index contributed by atoms with van der Waals surface area (Å²) in [6.45, 7) is 18.4. The van der Waals surface area contributed by atoms with Crippen LogP contribution in [0.5, 0.6) is 0 Å². The zero-order valence-corrected chi connectivity index (χ0v) is 19.4. The Hall–Kier alpha value is -0.180. The molecule has 26 heavy (non-hydrogen) atoms. The van der Waals surface area contributed by atoms with E-state index in [9.17, 15) is 8.78 Å². The first-order valence-corrected chi connectivity index (χ1v) is 11.3. The number of hydrogen-bond acceptors (Lipinski definition) is 1. The van der Waals surface area contributed by atoms with E-state index in [1.165, 1.54) is 32.1 Å². The number of aliphatic hydroxyl groups is 1. The van der Waals surface area contributed by atoms with Gasteiger partial charge < -0.3 is 5.11 Å². The van der Waals surface area contributed by atoms with E-state index in [-0.39, 0.29) is 24.9 Å². The van der Waals surface area contributed by atoms with E-state index >= 15 is 0 Å². The van der Waals surface area contributed by atoms with E-state index in [2.05, 4.69) is 13.8 Å². The summed E-state index contributed by atoms with van der Waals surface area (Å²) in [5.74, 6) is -0.219. The lowest BCUT2D eigenvalue weighted by molar-refractivity contribution is -0.104. The molecule has 0 atom stereocenters. The highest BCUT2D eigenvalue weighted by Gasteiger charge is 2.42. The third kappa shape index (κ3) is 18.6. The van der Waals surface area contributed by atoms with Gasteiger partial charge in [-0.25, -0.2) is 8.78 Å². The molecule has 0 aliphatic heterocycles. The van der Waals surface area contributed by atoms with Crippen molar-refractivity contribution in [2.24, 2.45) is 17.8 Å². The van der Waals surface area contributed by atoms with Gasteiger partial charge in [0.25, 0.3) is 0 Å². The molecule has 0 spiro atoms. The molecule has 0 radical (unpaired) electrons. The van der Waals surface area contributed by atoms with Gasteiger partial charge in [-0.2, -0.15) is 0 Å². The van der Waals surface area contributed by atoms with E-state index in [1.54, 1.807) is 0 Å². The topological polar surface area (TPSA) is 20.2 Å². The molecular formula is C23H50F2O. The lowest BCUT2D eigenvalue weighted by Crippen LogP contribution is -2.33. The van der Waals surface area contributed by atoms with Crippen LogP contribution in [-0.4, -0.2) is 17.1 Å². The maximum atomic E-state index is 11.8. The smallest absolute Gasteiger partial charge is 0.248 e. The second-order valence-corrected chi connectivity index (χ2v) is 7.34. The first-order valence-electron chi connectivity index (χ1n) is 11.3. The van der Waals surface area contributed by atoms with Crippen LogP contribution < -0.4 is 0 Å². The molecule has 3 aliphatic rings. The Kier molecular flexibility index (Phi) is 23.0. The third-order valence-corrected chi connectivity index (χ3v) is 4.54. The first kappa shape index (κ1) is 30.5. The second-order valence-electron chi connectivity index (χ2n) is 7.34. The maximum Gasteiger partial charge on any atom is 0.248 e. The number of aliphatic hydroxyl groups excluding tert-OH is 1. The fourth-order valence-corrected chi connectivity index (χ4v) is 3.13. The van der Waals surface area contributed by atoms with Crippen LogP contribution in [0.3, 0.4) is 0 Å². The fraction of sp³-hybridized carbons (Fsp3) is 1.00. The molecule has 0 heterocycles. The minimum Gasteiger partial charge on any atom is -0.393 e. The lowest BCUT2D eigenvalue weighted by Gasteiger charge is -2.31. The molecule has 3 heteroatoms. The van der Waals surface area contributed by atoms with Crippen molar-refractivity contribution in [2.75, 3.05) is 0 Å². The lowest BCUT2D eigenvalue weighted by atomic mass is 9.83. The van der Waals surface area contributed by atoms with E-state index in [0.717, 1.165) is 24.7 Å². The van der Waals surface area contributed by atoms with Gasteiger partial charge in [-0.15, -0.1) is 0 Å². The largest absolute Gasteiger partial charge is 0.393 e. The van der Waals surface area contributed by atoms with Gasteiger partial charge in [-0.3, -0.25) is 0 Å². The molecular weight excluding hydrogens is 330 g/mol. The van der Waals surface area contributed by atoms with Gasteiger partial charge in [-0.05, 0) is 30.6 Å². The first-order chi connectivity index (χ1) is 12.3. The summed E-state index contributed by atoms with van der Waals surface area (Å²) in [7, 11) is 0. The van der Waals surface area contributed by atoms with Crippen LogP contribution in [0.2, 0.25) is 0 Å². The molecule has 0 bridgehead atoms. The van der Waals surface area contributed by atoms with Crippen LogP contribution in [0.4, 0.5) is 8.78 Å². The molecule has 0 unspecified atom stereocenters. The molecule has 162 valence electrons. The third-order valence-electron chi connectivity index (χ3n) is 4.54. The van der Waals surface area contributed by atoms with Gasteiger partial charge in [-0.1, -0.05) is 94.4 Å². The van der Waals surface area contributed by atoms with Crippen molar-refractivity contribution in [3.05, 3.63) is 0 Å². The quantitative estimate of drug-likeness (QED) is 0.446. The Bertz CT molecular complexity index is 243. The summed E-state index contributed by atoms with van der Waals surface area (Å²) in [5.41, 5.74) is 0. The maximum absolute atomic E-state index is 11.8. The predicted molar refractivity (Wildman–Crippen MR) is 114 cm³/mol. The van der Waals surface area contributed by atoms with Crippen LogP contribution in [-0.2, 0) is 0 Å². The predicted octanol–water partition coefficient (Wildman–Crippen LogP) is 8.49. The van der Waals surface area contributed by atoms with E-state index in [0.29, 0.717) is 0 Å². The van der Waals surface area contributed by atoms with Crippen molar-refractivity contribution in [3.63, 3.8) is 0 Å². The Labute approximate surface area is 164 Å². The zero-order chi connectivity index (χ0) is 21.2. The zero-order valence-electron chi connectivity index (χ0n) is 19.4. The van der Waals surface area contributed by atoms with Crippen LogP contribution in [0.25, 0.3) is 0 Å². The highest BCUT2D eigenvalue weighted by Crippen LogP contribution is 2.41.